The van der Waals surface area contributed by atoms with Gasteiger partial charge in [-0.15, -0.1) is 0 Å². The zero-order valence-corrected chi connectivity index (χ0v) is 20.0. The van der Waals surface area contributed by atoms with Gasteiger partial charge in [-0.1, -0.05) is 78.9 Å². The molecular formula is C33H22N4. The summed E-state index contributed by atoms with van der Waals surface area (Å²) in [5, 5.41) is 2.28. The highest BCUT2D eigenvalue weighted by atomic mass is 15.1. The molecule has 0 fully saturated rings. The van der Waals surface area contributed by atoms with Gasteiger partial charge in [0.25, 0.3) is 0 Å². The van der Waals surface area contributed by atoms with Crippen molar-refractivity contribution in [3.05, 3.63) is 134 Å². The van der Waals surface area contributed by atoms with Crippen LogP contribution >= 0.6 is 0 Å². The van der Waals surface area contributed by atoms with Crippen LogP contribution in [0.25, 0.3) is 61.4 Å². The molecule has 7 rings (SSSR count). The number of rotatable bonds is 4. The summed E-state index contributed by atoms with van der Waals surface area (Å²) in [4.78, 5) is 14.4. The van der Waals surface area contributed by atoms with E-state index >= 15 is 0 Å². The lowest BCUT2D eigenvalue weighted by Gasteiger charge is -2.10. The molecule has 0 saturated heterocycles. The molecule has 7 aromatic rings. The number of hydrogen-bond acceptors (Lipinski definition) is 3. The summed E-state index contributed by atoms with van der Waals surface area (Å²) in [7, 11) is 0. The van der Waals surface area contributed by atoms with Crippen molar-refractivity contribution < 1.29 is 0 Å². The lowest BCUT2D eigenvalue weighted by molar-refractivity contribution is 1.08. The van der Waals surface area contributed by atoms with Crippen molar-refractivity contribution in [3.63, 3.8) is 0 Å². The van der Waals surface area contributed by atoms with Gasteiger partial charge in [0, 0.05) is 28.7 Å². The van der Waals surface area contributed by atoms with E-state index in [1.165, 1.54) is 11.1 Å². The second-order valence-electron chi connectivity index (χ2n) is 8.98. The number of fused-ring (bicyclic) bond motifs is 3. The Labute approximate surface area is 214 Å². The fraction of sp³-hybridized carbons (Fsp3) is 0. The first-order valence-electron chi connectivity index (χ1n) is 12.3. The van der Waals surface area contributed by atoms with Crippen molar-refractivity contribution in [2.24, 2.45) is 0 Å². The van der Waals surface area contributed by atoms with Crippen LogP contribution in [0.5, 0.6) is 0 Å². The SMILES string of the molecule is c1ccc(-c2cccc(-c3cccc(-c4cccc(-n5c6ccccc6c6cnccc65)n4)n3)c2)cc1. The number of nitrogens with zero attached hydrogens (tertiary/aromatic N) is 4. The van der Waals surface area contributed by atoms with Gasteiger partial charge in [-0.25, -0.2) is 9.97 Å². The molecule has 0 aliphatic carbocycles. The van der Waals surface area contributed by atoms with Gasteiger partial charge in [0.05, 0.1) is 28.1 Å². The smallest absolute Gasteiger partial charge is 0.138 e. The van der Waals surface area contributed by atoms with Gasteiger partial charge in [-0.3, -0.25) is 9.55 Å². The topological polar surface area (TPSA) is 43.6 Å². The molecule has 0 aliphatic heterocycles. The first-order valence-corrected chi connectivity index (χ1v) is 12.3. The van der Waals surface area contributed by atoms with E-state index in [2.05, 4.69) is 88.4 Å². The summed E-state index contributed by atoms with van der Waals surface area (Å²) in [6.07, 6.45) is 3.75. The Kier molecular flexibility index (Phi) is 5.07. The maximum atomic E-state index is 5.07. The van der Waals surface area contributed by atoms with Crippen LogP contribution in [-0.2, 0) is 0 Å². The van der Waals surface area contributed by atoms with Gasteiger partial charge in [0.2, 0.25) is 0 Å². The zero-order valence-electron chi connectivity index (χ0n) is 20.0. The molecule has 37 heavy (non-hydrogen) atoms. The molecule has 0 saturated carbocycles. The second-order valence-corrected chi connectivity index (χ2v) is 8.98. The summed E-state index contributed by atoms with van der Waals surface area (Å²) in [5.74, 6) is 0.855. The van der Waals surface area contributed by atoms with Crippen LogP contribution < -0.4 is 0 Å². The summed E-state index contributed by atoms with van der Waals surface area (Å²) in [5.41, 5.74) is 8.22. The summed E-state index contributed by atoms with van der Waals surface area (Å²) >= 11 is 0. The van der Waals surface area contributed by atoms with Crippen molar-refractivity contribution in [2.45, 2.75) is 0 Å². The summed E-state index contributed by atoms with van der Waals surface area (Å²) < 4.78 is 2.20. The highest BCUT2D eigenvalue weighted by Gasteiger charge is 2.14. The molecule has 174 valence electrons. The molecule has 0 aliphatic rings. The predicted octanol–water partition coefficient (Wildman–Crippen LogP) is 7.97. The van der Waals surface area contributed by atoms with Crippen molar-refractivity contribution in [1.82, 2.24) is 19.5 Å². The molecule has 0 amide bonds. The summed E-state index contributed by atoms with van der Waals surface area (Å²) in [6, 6.07) is 41.6. The number of pyridine rings is 3. The van der Waals surface area contributed by atoms with Gasteiger partial charge in [-0.2, -0.15) is 0 Å². The van der Waals surface area contributed by atoms with Crippen LogP contribution in [0.2, 0.25) is 0 Å². The minimum atomic E-state index is 0.832. The van der Waals surface area contributed by atoms with E-state index in [1.54, 1.807) is 0 Å². The third kappa shape index (κ3) is 3.76. The van der Waals surface area contributed by atoms with E-state index in [-0.39, 0.29) is 0 Å². The number of para-hydroxylation sites is 1. The molecule has 0 unspecified atom stereocenters. The lowest BCUT2D eigenvalue weighted by Crippen LogP contribution is -1.99. The van der Waals surface area contributed by atoms with Crippen LogP contribution in [0.4, 0.5) is 0 Å². The molecular weight excluding hydrogens is 452 g/mol. The molecule has 4 heterocycles. The average Bonchev–Trinajstić information content (AvgIpc) is 3.32. The Morgan fingerprint density at radius 3 is 2.05 bits per heavy atom. The van der Waals surface area contributed by atoms with Crippen molar-refractivity contribution in [1.29, 1.82) is 0 Å². The maximum Gasteiger partial charge on any atom is 0.138 e. The number of hydrogen-bond donors (Lipinski definition) is 0. The summed E-state index contributed by atoms with van der Waals surface area (Å²) in [6.45, 7) is 0. The van der Waals surface area contributed by atoms with E-state index in [0.29, 0.717) is 0 Å². The Morgan fingerprint density at radius 1 is 0.459 bits per heavy atom. The molecule has 0 spiro atoms. The fourth-order valence-corrected chi connectivity index (χ4v) is 4.98. The quantitative estimate of drug-likeness (QED) is 0.260. The molecule has 0 radical (unpaired) electrons. The number of benzene rings is 3. The normalized spacial score (nSPS) is 11.2. The molecule has 3 aromatic carbocycles. The number of aromatic nitrogens is 4. The standard InChI is InChI=1S/C33H22N4/c1-2-9-23(10-3-1)24-11-6-12-25(21-24)28-14-7-15-29(35-28)30-16-8-18-33(36-30)37-31-17-5-4-13-26(31)27-22-34-20-19-32(27)37/h1-22H. The minimum Gasteiger partial charge on any atom is -0.294 e. The molecule has 0 N–H and O–H groups in total. The van der Waals surface area contributed by atoms with Crippen molar-refractivity contribution >= 4 is 21.8 Å². The molecule has 4 heteroatoms. The highest BCUT2D eigenvalue weighted by molar-refractivity contribution is 6.08. The molecule has 0 bridgehead atoms. The Hall–Kier alpha value is -5.09. The Balaban J connectivity index is 1.32. The second kappa shape index (κ2) is 8.85. The average molecular weight is 475 g/mol. The van der Waals surface area contributed by atoms with E-state index in [1.807, 2.05) is 54.9 Å². The van der Waals surface area contributed by atoms with Crippen LogP contribution in [-0.4, -0.2) is 19.5 Å². The zero-order chi connectivity index (χ0) is 24.6. The molecule has 4 aromatic heterocycles. The molecule has 0 atom stereocenters. The monoisotopic (exact) mass is 474 g/mol. The fourth-order valence-electron chi connectivity index (χ4n) is 4.98. The first-order chi connectivity index (χ1) is 18.3. The van der Waals surface area contributed by atoms with Crippen molar-refractivity contribution in [2.75, 3.05) is 0 Å². The van der Waals surface area contributed by atoms with E-state index in [9.17, 15) is 0 Å². The first kappa shape index (κ1) is 21.2. The highest BCUT2D eigenvalue weighted by Crippen LogP contribution is 2.32. The third-order valence-electron chi connectivity index (χ3n) is 6.71. The lowest BCUT2D eigenvalue weighted by atomic mass is 10.0. The van der Waals surface area contributed by atoms with Gasteiger partial charge in [-0.05, 0) is 53.6 Å². The van der Waals surface area contributed by atoms with Crippen molar-refractivity contribution in [3.8, 4) is 39.6 Å². The minimum absolute atomic E-state index is 0.832. The van der Waals surface area contributed by atoms with Gasteiger partial charge < -0.3 is 0 Å². The van der Waals surface area contributed by atoms with Gasteiger partial charge in [0.15, 0.2) is 0 Å². The van der Waals surface area contributed by atoms with Gasteiger partial charge >= 0.3 is 0 Å². The van der Waals surface area contributed by atoms with Crippen LogP contribution in [0, 0.1) is 0 Å². The van der Waals surface area contributed by atoms with E-state index in [0.717, 1.165) is 50.3 Å². The van der Waals surface area contributed by atoms with Crippen LogP contribution in [0.3, 0.4) is 0 Å². The molecule has 4 nitrogen and oxygen atoms in total. The Bertz CT molecular complexity index is 1830. The van der Waals surface area contributed by atoms with Crippen LogP contribution in [0.1, 0.15) is 0 Å². The largest absolute Gasteiger partial charge is 0.294 e. The van der Waals surface area contributed by atoms with Gasteiger partial charge in [0.1, 0.15) is 5.82 Å². The Morgan fingerprint density at radius 2 is 1.14 bits per heavy atom. The third-order valence-corrected chi connectivity index (χ3v) is 6.71. The van der Waals surface area contributed by atoms with E-state index in [4.69, 9.17) is 9.97 Å². The predicted molar refractivity (Wildman–Crippen MR) is 150 cm³/mol. The van der Waals surface area contributed by atoms with Crippen LogP contribution in [0.15, 0.2) is 134 Å². The maximum absolute atomic E-state index is 5.07. The van der Waals surface area contributed by atoms with E-state index < -0.39 is 0 Å².